The molecule has 0 unspecified atom stereocenters. The molecule has 140 valence electrons. The van der Waals surface area contributed by atoms with Crippen LogP contribution in [0.3, 0.4) is 0 Å². The van der Waals surface area contributed by atoms with Gasteiger partial charge in [0.2, 0.25) is 0 Å². The van der Waals surface area contributed by atoms with Gasteiger partial charge in [-0.05, 0) is 37.3 Å². The molecule has 3 aromatic rings. The Labute approximate surface area is 163 Å². The highest BCUT2D eigenvalue weighted by Gasteiger charge is 2.33. The van der Waals surface area contributed by atoms with Crippen LogP contribution in [0.1, 0.15) is 11.1 Å². The molecule has 3 rings (SSSR count). The SMILES string of the molecule is Cc1ccc(Sc2ncnc(Nc3ccc(Cl)c(C(F)(F)F)c3)c2N)cc1. The van der Waals surface area contributed by atoms with Crippen LogP contribution in [0.4, 0.5) is 30.4 Å². The van der Waals surface area contributed by atoms with Crippen LogP contribution in [0, 0.1) is 6.92 Å². The van der Waals surface area contributed by atoms with E-state index in [0.29, 0.717) is 5.03 Å². The molecule has 4 nitrogen and oxygen atoms in total. The lowest BCUT2D eigenvalue weighted by Gasteiger charge is -2.14. The third kappa shape index (κ3) is 4.64. The van der Waals surface area contributed by atoms with Gasteiger partial charge in [-0.25, -0.2) is 9.97 Å². The van der Waals surface area contributed by atoms with Gasteiger partial charge in [-0.15, -0.1) is 0 Å². The van der Waals surface area contributed by atoms with Gasteiger partial charge in [0, 0.05) is 10.6 Å². The Morgan fingerprint density at radius 3 is 2.44 bits per heavy atom. The maximum absolute atomic E-state index is 13.0. The number of benzene rings is 2. The van der Waals surface area contributed by atoms with Crippen LogP contribution in [-0.2, 0) is 6.18 Å². The number of hydrogen-bond acceptors (Lipinski definition) is 5. The number of halogens is 4. The summed E-state index contributed by atoms with van der Waals surface area (Å²) in [4.78, 5) is 9.12. The van der Waals surface area contributed by atoms with Crippen LogP contribution in [0.5, 0.6) is 0 Å². The molecule has 0 amide bonds. The van der Waals surface area contributed by atoms with Crippen molar-refractivity contribution in [3.63, 3.8) is 0 Å². The Morgan fingerprint density at radius 2 is 1.78 bits per heavy atom. The molecule has 0 radical (unpaired) electrons. The monoisotopic (exact) mass is 410 g/mol. The lowest BCUT2D eigenvalue weighted by molar-refractivity contribution is -0.137. The van der Waals surface area contributed by atoms with Crippen molar-refractivity contribution in [3.05, 3.63) is 64.9 Å². The second-order valence-corrected chi connectivity index (χ2v) is 7.14. The number of rotatable bonds is 4. The summed E-state index contributed by atoms with van der Waals surface area (Å²) < 4.78 is 39.0. The third-order valence-electron chi connectivity index (χ3n) is 3.62. The van der Waals surface area contributed by atoms with Crippen LogP contribution in [0.25, 0.3) is 0 Å². The summed E-state index contributed by atoms with van der Waals surface area (Å²) in [6.07, 6.45) is -3.26. The topological polar surface area (TPSA) is 63.8 Å². The van der Waals surface area contributed by atoms with Crippen molar-refractivity contribution in [2.45, 2.75) is 23.0 Å². The van der Waals surface area contributed by atoms with Gasteiger partial charge in [0.1, 0.15) is 17.0 Å². The molecule has 27 heavy (non-hydrogen) atoms. The van der Waals surface area contributed by atoms with E-state index in [4.69, 9.17) is 17.3 Å². The fourth-order valence-corrected chi connectivity index (χ4v) is 3.26. The second kappa shape index (κ2) is 7.66. The molecule has 1 aromatic heterocycles. The number of nitrogens with zero attached hydrogens (tertiary/aromatic N) is 2. The molecular formula is C18H14ClF3N4S. The molecule has 0 bridgehead atoms. The number of hydrogen-bond donors (Lipinski definition) is 2. The minimum Gasteiger partial charge on any atom is -0.394 e. The predicted molar refractivity (Wildman–Crippen MR) is 101 cm³/mol. The summed E-state index contributed by atoms with van der Waals surface area (Å²) in [6, 6.07) is 11.3. The van der Waals surface area contributed by atoms with Crippen LogP contribution in [-0.4, -0.2) is 9.97 Å². The number of nitrogens with two attached hydrogens (primary N) is 1. The third-order valence-corrected chi connectivity index (χ3v) is 4.97. The number of anilines is 3. The van der Waals surface area contributed by atoms with Crippen LogP contribution in [0.2, 0.25) is 5.02 Å². The van der Waals surface area contributed by atoms with Crippen molar-refractivity contribution < 1.29 is 13.2 Å². The number of nitrogens with one attached hydrogen (secondary N) is 1. The Morgan fingerprint density at radius 1 is 1.07 bits per heavy atom. The zero-order valence-electron chi connectivity index (χ0n) is 14.0. The highest BCUT2D eigenvalue weighted by molar-refractivity contribution is 7.99. The Hall–Kier alpha value is -2.45. The average Bonchev–Trinajstić information content (AvgIpc) is 2.61. The molecule has 0 saturated heterocycles. The van der Waals surface area contributed by atoms with E-state index >= 15 is 0 Å². The lowest BCUT2D eigenvalue weighted by atomic mass is 10.2. The van der Waals surface area contributed by atoms with E-state index < -0.39 is 11.7 Å². The van der Waals surface area contributed by atoms with E-state index in [1.807, 2.05) is 31.2 Å². The Balaban J connectivity index is 1.87. The van der Waals surface area contributed by atoms with Gasteiger partial charge in [-0.3, -0.25) is 0 Å². The first kappa shape index (κ1) is 19.3. The summed E-state index contributed by atoms with van der Waals surface area (Å²) in [5.74, 6) is 0.218. The Kier molecular flexibility index (Phi) is 5.48. The molecule has 0 atom stereocenters. The quantitative estimate of drug-likeness (QED) is 0.521. The van der Waals surface area contributed by atoms with Crippen LogP contribution < -0.4 is 11.1 Å². The standard InChI is InChI=1S/C18H14ClF3N4S/c1-10-2-5-12(6-3-10)27-17-15(23)16(24-9-25-17)26-11-4-7-14(19)13(8-11)18(20,21)22/h2-9H,23H2,1H3,(H,24,25,26). The average molecular weight is 411 g/mol. The Bertz CT molecular complexity index is 962. The number of nitrogen functional groups attached to an aromatic ring is 1. The van der Waals surface area contributed by atoms with E-state index in [2.05, 4.69) is 15.3 Å². The van der Waals surface area contributed by atoms with Crippen molar-refractivity contribution in [2.24, 2.45) is 0 Å². The molecule has 0 aliphatic heterocycles. The minimum absolute atomic E-state index is 0.170. The van der Waals surface area contributed by atoms with E-state index in [0.717, 1.165) is 16.5 Å². The molecule has 0 aliphatic rings. The smallest absolute Gasteiger partial charge is 0.394 e. The highest BCUT2D eigenvalue weighted by atomic mass is 35.5. The molecule has 0 spiro atoms. The summed E-state index contributed by atoms with van der Waals surface area (Å²) in [5, 5.41) is 2.92. The van der Waals surface area contributed by atoms with Gasteiger partial charge in [-0.2, -0.15) is 13.2 Å². The first-order valence-electron chi connectivity index (χ1n) is 7.73. The van der Waals surface area contributed by atoms with Crippen molar-refractivity contribution in [3.8, 4) is 0 Å². The molecule has 9 heteroatoms. The predicted octanol–water partition coefficient (Wildman–Crippen LogP) is 5.93. The second-order valence-electron chi connectivity index (χ2n) is 5.67. The minimum atomic E-state index is -4.56. The number of aromatic nitrogens is 2. The van der Waals surface area contributed by atoms with Crippen molar-refractivity contribution in [2.75, 3.05) is 11.1 Å². The summed E-state index contributed by atoms with van der Waals surface area (Å²) in [6.45, 7) is 1.98. The molecule has 1 heterocycles. The van der Waals surface area contributed by atoms with Gasteiger partial charge in [0.25, 0.3) is 0 Å². The van der Waals surface area contributed by atoms with E-state index in [1.165, 1.54) is 30.2 Å². The normalized spacial score (nSPS) is 11.4. The molecule has 3 N–H and O–H groups in total. The van der Waals surface area contributed by atoms with E-state index in [-0.39, 0.29) is 22.2 Å². The molecule has 0 aliphatic carbocycles. The molecule has 2 aromatic carbocycles. The van der Waals surface area contributed by atoms with E-state index in [9.17, 15) is 13.2 Å². The molecule has 0 saturated carbocycles. The summed E-state index contributed by atoms with van der Waals surface area (Å²) >= 11 is 6.98. The number of aryl methyl sites for hydroxylation is 1. The molecular weight excluding hydrogens is 397 g/mol. The maximum Gasteiger partial charge on any atom is 0.417 e. The van der Waals surface area contributed by atoms with Gasteiger partial charge in [0.15, 0.2) is 5.82 Å². The van der Waals surface area contributed by atoms with Gasteiger partial charge in [-0.1, -0.05) is 41.1 Å². The first-order valence-corrected chi connectivity index (χ1v) is 8.92. The lowest BCUT2D eigenvalue weighted by Crippen LogP contribution is -2.07. The largest absolute Gasteiger partial charge is 0.417 e. The van der Waals surface area contributed by atoms with Gasteiger partial charge < -0.3 is 11.1 Å². The maximum atomic E-state index is 13.0. The highest BCUT2D eigenvalue weighted by Crippen LogP contribution is 2.38. The fourth-order valence-electron chi connectivity index (χ4n) is 2.24. The number of alkyl halides is 3. The van der Waals surface area contributed by atoms with Crippen LogP contribution in [0.15, 0.2) is 58.7 Å². The van der Waals surface area contributed by atoms with E-state index in [1.54, 1.807) is 0 Å². The zero-order chi connectivity index (χ0) is 19.6. The van der Waals surface area contributed by atoms with Gasteiger partial charge in [0.05, 0.1) is 10.6 Å². The molecule has 0 fully saturated rings. The van der Waals surface area contributed by atoms with Gasteiger partial charge >= 0.3 is 6.18 Å². The van der Waals surface area contributed by atoms with Crippen molar-refractivity contribution in [1.29, 1.82) is 0 Å². The summed E-state index contributed by atoms with van der Waals surface area (Å²) in [5.41, 5.74) is 6.71. The van der Waals surface area contributed by atoms with Crippen LogP contribution >= 0.6 is 23.4 Å². The van der Waals surface area contributed by atoms with Crippen molar-refractivity contribution >= 4 is 40.6 Å². The zero-order valence-corrected chi connectivity index (χ0v) is 15.6. The first-order chi connectivity index (χ1) is 12.7. The van der Waals surface area contributed by atoms with Crippen molar-refractivity contribution in [1.82, 2.24) is 9.97 Å². The summed E-state index contributed by atoms with van der Waals surface area (Å²) in [7, 11) is 0. The fraction of sp³-hybridized carbons (Fsp3) is 0.111.